The van der Waals surface area contributed by atoms with Crippen molar-refractivity contribution in [1.82, 2.24) is 5.32 Å². The van der Waals surface area contributed by atoms with Gasteiger partial charge in [0.2, 0.25) is 5.91 Å². The van der Waals surface area contributed by atoms with Crippen LogP contribution in [0.2, 0.25) is 0 Å². The highest BCUT2D eigenvalue weighted by atomic mass is 16.2. The van der Waals surface area contributed by atoms with Crippen molar-refractivity contribution in [3.05, 3.63) is 102 Å². The summed E-state index contributed by atoms with van der Waals surface area (Å²) in [4.78, 5) is 24.6. The normalized spacial score (nSPS) is 11.8. The summed E-state index contributed by atoms with van der Waals surface area (Å²) in [6.07, 6.45) is 0. The van der Waals surface area contributed by atoms with Crippen LogP contribution in [0.25, 0.3) is 0 Å². The predicted molar refractivity (Wildman–Crippen MR) is 112 cm³/mol. The molecule has 4 heteroatoms. The first-order chi connectivity index (χ1) is 13.6. The van der Waals surface area contributed by atoms with Gasteiger partial charge in [-0.1, -0.05) is 72.8 Å². The fourth-order valence-electron chi connectivity index (χ4n) is 3.14. The number of amides is 1. The topological polar surface area (TPSA) is 58.2 Å². The van der Waals surface area contributed by atoms with Crippen molar-refractivity contribution < 1.29 is 9.59 Å². The molecule has 0 fully saturated rings. The largest absolute Gasteiger partial charge is 0.324 e. The number of carbonyl (C=O) groups excluding carboxylic acids is 2. The van der Waals surface area contributed by atoms with Gasteiger partial charge in [0.25, 0.3) is 0 Å². The molecule has 3 rings (SSSR count). The Morgan fingerprint density at radius 3 is 1.79 bits per heavy atom. The van der Waals surface area contributed by atoms with E-state index in [2.05, 4.69) is 10.6 Å². The lowest BCUT2D eigenvalue weighted by atomic mass is 9.98. The summed E-state index contributed by atoms with van der Waals surface area (Å²) in [5, 5.41) is 6.30. The summed E-state index contributed by atoms with van der Waals surface area (Å²) in [5.74, 6) is -0.270. The molecule has 3 aromatic carbocycles. The van der Waals surface area contributed by atoms with E-state index in [0.717, 1.165) is 11.1 Å². The standard InChI is InChI=1S/C24H24N2O2/c1-17(24(28)26-22-16-10-9-15-21(22)18(2)27)25-23(19-11-5-3-6-12-19)20-13-7-4-8-14-20/h3-17,23,25H,1-2H3,(H,26,28)/t17-/m0/s1. The maximum absolute atomic E-state index is 12.8. The Labute approximate surface area is 165 Å². The summed E-state index contributed by atoms with van der Waals surface area (Å²) in [5.41, 5.74) is 3.20. The molecule has 142 valence electrons. The molecule has 0 bridgehead atoms. The van der Waals surface area contributed by atoms with Crippen molar-refractivity contribution in [3.63, 3.8) is 0 Å². The third-order valence-electron chi connectivity index (χ3n) is 4.64. The van der Waals surface area contributed by atoms with Crippen LogP contribution in [-0.2, 0) is 4.79 Å². The molecule has 1 amide bonds. The predicted octanol–water partition coefficient (Wildman–Crippen LogP) is 4.60. The van der Waals surface area contributed by atoms with Crippen LogP contribution >= 0.6 is 0 Å². The van der Waals surface area contributed by atoms with Crippen LogP contribution in [0.5, 0.6) is 0 Å². The SMILES string of the molecule is CC(=O)c1ccccc1NC(=O)[C@H](C)NC(c1ccccc1)c1ccccc1. The average Bonchev–Trinajstić information content (AvgIpc) is 2.73. The number of para-hydroxylation sites is 1. The van der Waals surface area contributed by atoms with E-state index >= 15 is 0 Å². The molecule has 28 heavy (non-hydrogen) atoms. The van der Waals surface area contributed by atoms with Crippen LogP contribution in [0.15, 0.2) is 84.9 Å². The van der Waals surface area contributed by atoms with Crippen LogP contribution in [0.3, 0.4) is 0 Å². The van der Waals surface area contributed by atoms with Crippen molar-refractivity contribution >= 4 is 17.4 Å². The van der Waals surface area contributed by atoms with Crippen LogP contribution in [-0.4, -0.2) is 17.7 Å². The van der Waals surface area contributed by atoms with E-state index in [9.17, 15) is 9.59 Å². The fourth-order valence-corrected chi connectivity index (χ4v) is 3.14. The molecular weight excluding hydrogens is 348 g/mol. The summed E-state index contributed by atoms with van der Waals surface area (Å²) in [7, 11) is 0. The molecule has 0 spiro atoms. The Morgan fingerprint density at radius 1 is 0.750 bits per heavy atom. The van der Waals surface area contributed by atoms with Gasteiger partial charge in [-0.3, -0.25) is 14.9 Å². The van der Waals surface area contributed by atoms with Gasteiger partial charge >= 0.3 is 0 Å². The van der Waals surface area contributed by atoms with Gasteiger partial charge in [-0.05, 0) is 37.1 Å². The van der Waals surface area contributed by atoms with Crippen molar-refractivity contribution in [2.45, 2.75) is 25.9 Å². The molecule has 0 aliphatic rings. The number of anilines is 1. The van der Waals surface area contributed by atoms with Crippen LogP contribution in [0.4, 0.5) is 5.69 Å². The van der Waals surface area contributed by atoms with E-state index < -0.39 is 6.04 Å². The van der Waals surface area contributed by atoms with E-state index in [4.69, 9.17) is 0 Å². The molecule has 0 heterocycles. The molecule has 0 aliphatic heterocycles. The minimum Gasteiger partial charge on any atom is -0.324 e. The minimum absolute atomic E-state index is 0.0806. The summed E-state index contributed by atoms with van der Waals surface area (Å²) >= 11 is 0. The molecule has 1 atom stereocenters. The molecule has 0 unspecified atom stereocenters. The first-order valence-electron chi connectivity index (χ1n) is 9.33. The van der Waals surface area contributed by atoms with Crippen molar-refractivity contribution in [2.75, 3.05) is 5.32 Å². The Morgan fingerprint density at radius 2 is 1.25 bits per heavy atom. The van der Waals surface area contributed by atoms with Crippen molar-refractivity contribution in [3.8, 4) is 0 Å². The summed E-state index contributed by atoms with van der Waals surface area (Å²) in [6.45, 7) is 3.32. The molecule has 3 aromatic rings. The average molecular weight is 372 g/mol. The molecule has 2 N–H and O–H groups in total. The summed E-state index contributed by atoms with van der Waals surface area (Å²) in [6, 6.07) is 26.5. The maximum Gasteiger partial charge on any atom is 0.241 e. The second kappa shape index (κ2) is 9.11. The van der Waals surface area contributed by atoms with Gasteiger partial charge in [-0.15, -0.1) is 0 Å². The monoisotopic (exact) mass is 372 g/mol. The third-order valence-corrected chi connectivity index (χ3v) is 4.64. The Kier molecular flexibility index (Phi) is 6.35. The van der Waals surface area contributed by atoms with Gasteiger partial charge in [0, 0.05) is 5.56 Å². The zero-order valence-corrected chi connectivity index (χ0v) is 16.1. The Balaban J connectivity index is 1.80. The third kappa shape index (κ3) is 4.72. The number of nitrogens with one attached hydrogen (secondary N) is 2. The van der Waals surface area contributed by atoms with Gasteiger partial charge in [0.05, 0.1) is 17.8 Å². The molecule has 4 nitrogen and oxygen atoms in total. The first-order valence-corrected chi connectivity index (χ1v) is 9.33. The van der Waals surface area contributed by atoms with E-state index in [1.165, 1.54) is 6.92 Å². The smallest absolute Gasteiger partial charge is 0.241 e. The number of ketones is 1. The lowest BCUT2D eigenvalue weighted by molar-refractivity contribution is -0.117. The second-order valence-electron chi connectivity index (χ2n) is 6.73. The summed E-state index contributed by atoms with van der Waals surface area (Å²) < 4.78 is 0. The Hall–Kier alpha value is -3.24. The number of benzene rings is 3. The number of carbonyl (C=O) groups is 2. The van der Waals surface area contributed by atoms with Gasteiger partial charge in [0.15, 0.2) is 5.78 Å². The first kappa shape index (κ1) is 19.5. The number of hydrogen-bond acceptors (Lipinski definition) is 3. The maximum atomic E-state index is 12.8. The van der Waals surface area contributed by atoms with Crippen molar-refractivity contribution in [1.29, 1.82) is 0 Å². The fraction of sp³-hybridized carbons (Fsp3) is 0.167. The van der Waals surface area contributed by atoms with E-state index in [-0.39, 0.29) is 17.7 Å². The second-order valence-corrected chi connectivity index (χ2v) is 6.73. The lowest BCUT2D eigenvalue weighted by Gasteiger charge is -2.24. The highest BCUT2D eigenvalue weighted by molar-refractivity contribution is 6.04. The number of Topliss-reactive ketones (excluding diaryl/α,β-unsaturated/α-hetero) is 1. The van der Waals surface area contributed by atoms with Gasteiger partial charge in [-0.2, -0.15) is 0 Å². The highest BCUT2D eigenvalue weighted by Crippen LogP contribution is 2.23. The van der Waals surface area contributed by atoms with Gasteiger partial charge in [-0.25, -0.2) is 0 Å². The lowest BCUT2D eigenvalue weighted by Crippen LogP contribution is -2.40. The van der Waals surface area contributed by atoms with Crippen LogP contribution in [0.1, 0.15) is 41.4 Å². The number of hydrogen-bond donors (Lipinski definition) is 2. The van der Waals surface area contributed by atoms with E-state index in [0.29, 0.717) is 11.3 Å². The number of rotatable bonds is 7. The Bertz CT molecular complexity index is 900. The minimum atomic E-state index is -0.467. The van der Waals surface area contributed by atoms with Crippen LogP contribution < -0.4 is 10.6 Å². The molecular formula is C24H24N2O2. The zero-order chi connectivity index (χ0) is 19.9. The quantitative estimate of drug-likeness (QED) is 0.596. The van der Waals surface area contributed by atoms with E-state index in [1.54, 1.807) is 24.3 Å². The van der Waals surface area contributed by atoms with Crippen molar-refractivity contribution in [2.24, 2.45) is 0 Å². The molecule has 0 saturated heterocycles. The molecule has 0 saturated carbocycles. The van der Waals surface area contributed by atoms with Gasteiger partial charge < -0.3 is 5.32 Å². The molecule has 0 radical (unpaired) electrons. The van der Waals surface area contributed by atoms with Gasteiger partial charge in [0.1, 0.15) is 0 Å². The van der Waals surface area contributed by atoms with E-state index in [1.807, 2.05) is 67.6 Å². The zero-order valence-electron chi connectivity index (χ0n) is 16.1. The molecule has 0 aliphatic carbocycles. The van der Waals surface area contributed by atoms with Crippen LogP contribution in [0, 0.1) is 0 Å². The highest BCUT2D eigenvalue weighted by Gasteiger charge is 2.21. The molecule has 0 aromatic heterocycles.